The molecule has 106 valence electrons. The van der Waals surface area contributed by atoms with Gasteiger partial charge in [-0.25, -0.2) is 0 Å². The summed E-state index contributed by atoms with van der Waals surface area (Å²) in [4.78, 5) is 20.4. The Kier molecular flexibility index (Phi) is 4.27. The molecule has 0 spiro atoms. The van der Waals surface area contributed by atoms with Crippen molar-refractivity contribution in [3.05, 3.63) is 29.8 Å². The lowest BCUT2D eigenvalue weighted by molar-refractivity contribution is -0.119. The van der Waals surface area contributed by atoms with Gasteiger partial charge in [-0.1, -0.05) is 32.0 Å². The van der Waals surface area contributed by atoms with Crippen molar-refractivity contribution in [3.8, 4) is 11.5 Å². The molecule has 0 aliphatic heterocycles. The monoisotopic (exact) mass is 273 g/mol. The van der Waals surface area contributed by atoms with E-state index in [4.69, 9.17) is 4.52 Å². The standard InChI is InChI=1S/C15H19N3O2/c1-5-11-7-6-8-16-13(11)14-17-15(20-18-14)12(9(2)3)10(4)19/h6-9,12H,5H2,1-4H3. The molecule has 2 rings (SSSR count). The third kappa shape index (κ3) is 2.76. The van der Waals surface area contributed by atoms with E-state index in [1.54, 1.807) is 13.1 Å². The number of carbonyl (C=O) groups excluding carboxylic acids is 1. The van der Waals surface area contributed by atoms with E-state index in [0.717, 1.165) is 17.7 Å². The summed E-state index contributed by atoms with van der Waals surface area (Å²) in [5.74, 6) is 0.617. The predicted octanol–water partition coefficient (Wildman–Crippen LogP) is 3.02. The second-order valence-corrected chi connectivity index (χ2v) is 5.15. The Morgan fingerprint density at radius 3 is 2.75 bits per heavy atom. The van der Waals surface area contributed by atoms with E-state index in [0.29, 0.717) is 11.7 Å². The topological polar surface area (TPSA) is 68.9 Å². The van der Waals surface area contributed by atoms with Crippen LogP contribution in [0.5, 0.6) is 0 Å². The van der Waals surface area contributed by atoms with E-state index >= 15 is 0 Å². The molecule has 1 atom stereocenters. The molecule has 0 saturated heterocycles. The number of ketones is 1. The Bertz CT molecular complexity index is 605. The molecule has 0 aromatic carbocycles. The average Bonchev–Trinajstić information content (AvgIpc) is 2.87. The van der Waals surface area contributed by atoms with Gasteiger partial charge < -0.3 is 4.52 Å². The van der Waals surface area contributed by atoms with Crippen LogP contribution in [0, 0.1) is 5.92 Å². The molecule has 2 aromatic rings. The van der Waals surface area contributed by atoms with Crippen LogP contribution in [0.25, 0.3) is 11.5 Å². The summed E-state index contributed by atoms with van der Waals surface area (Å²) < 4.78 is 5.28. The zero-order valence-electron chi connectivity index (χ0n) is 12.3. The van der Waals surface area contributed by atoms with Crippen molar-refractivity contribution in [1.82, 2.24) is 15.1 Å². The Labute approximate surface area is 118 Å². The molecule has 2 aromatic heterocycles. The Morgan fingerprint density at radius 2 is 2.15 bits per heavy atom. The number of pyridine rings is 1. The molecule has 0 aliphatic rings. The summed E-state index contributed by atoms with van der Waals surface area (Å²) in [5.41, 5.74) is 1.78. The molecule has 1 unspecified atom stereocenters. The molecule has 5 nitrogen and oxygen atoms in total. The minimum absolute atomic E-state index is 0.0342. The highest BCUT2D eigenvalue weighted by Crippen LogP contribution is 2.26. The highest BCUT2D eigenvalue weighted by molar-refractivity contribution is 5.82. The van der Waals surface area contributed by atoms with Crippen LogP contribution in [-0.4, -0.2) is 20.9 Å². The molecular weight excluding hydrogens is 254 g/mol. The van der Waals surface area contributed by atoms with Gasteiger partial charge >= 0.3 is 0 Å². The SMILES string of the molecule is CCc1cccnc1-c1noc(C(C(C)=O)C(C)C)n1. The van der Waals surface area contributed by atoms with E-state index in [1.165, 1.54) is 0 Å². The Morgan fingerprint density at radius 1 is 1.40 bits per heavy atom. The summed E-state index contributed by atoms with van der Waals surface area (Å²) >= 11 is 0. The summed E-state index contributed by atoms with van der Waals surface area (Å²) in [6, 6.07) is 3.87. The van der Waals surface area contributed by atoms with Gasteiger partial charge in [0.15, 0.2) is 0 Å². The number of aromatic nitrogens is 3. The first-order valence-electron chi connectivity index (χ1n) is 6.82. The lowest BCUT2D eigenvalue weighted by atomic mass is 9.92. The number of hydrogen-bond acceptors (Lipinski definition) is 5. The number of aryl methyl sites for hydroxylation is 1. The lowest BCUT2D eigenvalue weighted by Crippen LogP contribution is -2.15. The number of carbonyl (C=O) groups is 1. The van der Waals surface area contributed by atoms with Gasteiger partial charge in [0.25, 0.3) is 0 Å². The van der Waals surface area contributed by atoms with Crippen LogP contribution in [-0.2, 0) is 11.2 Å². The van der Waals surface area contributed by atoms with Crippen LogP contribution >= 0.6 is 0 Å². The van der Waals surface area contributed by atoms with E-state index in [1.807, 2.05) is 32.9 Å². The van der Waals surface area contributed by atoms with Crippen molar-refractivity contribution in [3.63, 3.8) is 0 Å². The number of hydrogen-bond donors (Lipinski definition) is 0. The molecule has 5 heteroatoms. The summed E-state index contributed by atoms with van der Waals surface area (Å²) in [6.07, 6.45) is 2.54. The average molecular weight is 273 g/mol. The second kappa shape index (κ2) is 5.94. The van der Waals surface area contributed by atoms with Crippen LogP contribution in [0.2, 0.25) is 0 Å². The molecule has 0 saturated carbocycles. The lowest BCUT2D eigenvalue weighted by Gasteiger charge is -2.12. The van der Waals surface area contributed by atoms with E-state index < -0.39 is 0 Å². The van der Waals surface area contributed by atoms with Crippen molar-refractivity contribution in [2.24, 2.45) is 5.92 Å². The fourth-order valence-electron chi connectivity index (χ4n) is 2.31. The molecule has 0 fully saturated rings. The fraction of sp³-hybridized carbons (Fsp3) is 0.467. The predicted molar refractivity (Wildman–Crippen MR) is 75.2 cm³/mol. The van der Waals surface area contributed by atoms with Crippen LogP contribution in [0.3, 0.4) is 0 Å². The first-order chi connectivity index (χ1) is 9.54. The van der Waals surface area contributed by atoms with Gasteiger partial charge in [0.05, 0.1) is 5.92 Å². The van der Waals surface area contributed by atoms with Crippen molar-refractivity contribution in [1.29, 1.82) is 0 Å². The molecule has 2 heterocycles. The number of rotatable bonds is 5. The van der Waals surface area contributed by atoms with Crippen molar-refractivity contribution in [2.75, 3.05) is 0 Å². The number of nitrogens with zero attached hydrogens (tertiary/aromatic N) is 3. The normalized spacial score (nSPS) is 12.7. The third-order valence-corrected chi connectivity index (χ3v) is 3.30. The van der Waals surface area contributed by atoms with Crippen molar-refractivity contribution in [2.45, 2.75) is 40.0 Å². The van der Waals surface area contributed by atoms with Crippen LogP contribution in [0.4, 0.5) is 0 Å². The first kappa shape index (κ1) is 14.4. The highest BCUT2D eigenvalue weighted by atomic mass is 16.5. The van der Waals surface area contributed by atoms with Gasteiger partial charge in [0, 0.05) is 6.20 Å². The van der Waals surface area contributed by atoms with E-state index in [-0.39, 0.29) is 17.6 Å². The number of Topliss-reactive ketones (excluding diaryl/α,β-unsaturated/α-hetero) is 1. The Hall–Kier alpha value is -2.04. The quantitative estimate of drug-likeness (QED) is 0.837. The van der Waals surface area contributed by atoms with E-state index in [2.05, 4.69) is 15.1 Å². The zero-order valence-corrected chi connectivity index (χ0v) is 12.3. The zero-order chi connectivity index (χ0) is 14.7. The smallest absolute Gasteiger partial charge is 0.237 e. The van der Waals surface area contributed by atoms with Gasteiger partial charge in [-0.05, 0) is 30.9 Å². The van der Waals surface area contributed by atoms with Crippen LogP contribution in [0.1, 0.15) is 45.1 Å². The maximum atomic E-state index is 11.7. The van der Waals surface area contributed by atoms with Gasteiger partial charge in [0.2, 0.25) is 11.7 Å². The fourth-order valence-corrected chi connectivity index (χ4v) is 2.31. The molecular formula is C15H19N3O2. The highest BCUT2D eigenvalue weighted by Gasteiger charge is 2.27. The van der Waals surface area contributed by atoms with Crippen molar-refractivity contribution < 1.29 is 9.32 Å². The molecule has 0 N–H and O–H groups in total. The summed E-state index contributed by atoms with van der Waals surface area (Å²) in [5, 5.41) is 3.98. The van der Waals surface area contributed by atoms with Gasteiger partial charge in [-0.2, -0.15) is 4.98 Å². The maximum absolute atomic E-state index is 11.7. The van der Waals surface area contributed by atoms with E-state index in [9.17, 15) is 4.79 Å². The molecule has 0 bridgehead atoms. The molecule has 20 heavy (non-hydrogen) atoms. The summed E-state index contributed by atoms with van der Waals surface area (Å²) in [7, 11) is 0. The van der Waals surface area contributed by atoms with Crippen LogP contribution in [0.15, 0.2) is 22.9 Å². The Balaban J connectivity index is 2.40. The molecule has 0 radical (unpaired) electrons. The van der Waals surface area contributed by atoms with Gasteiger partial charge in [-0.3, -0.25) is 9.78 Å². The minimum Gasteiger partial charge on any atom is -0.338 e. The second-order valence-electron chi connectivity index (χ2n) is 5.15. The van der Waals surface area contributed by atoms with Gasteiger partial charge in [0.1, 0.15) is 11.5 Å². The van der Waals surface area contributed by atoms with Crippen LogP contribution < -0.4 is 0 Å². The summed E-state index contributed by atoms with van der Waals surface area (Å²) in [6.45, 7) is 7.53. The molecule has 0 aliphatic carbocycles. The molecule has 0 amide bonds. The largest absolute Gasteiger partial charge is 0.338 e. The minimum atomic E-state index is -0.356. The first-order valence-corrected chi connectivity index (χ1v) is 6.82. The maximum Gasteiger partial charge on any atom is 0.237 e. The van der Waals surface area contributed by atoms with Crippen molar-refractivity contribution >= 4 is 5.78 Å². The van der Waals surface area contributed by atoms with Gasteiger partial charge in [-0.15, -0.1) is 0 Å². The third-order valence-electron chi connectivity index (χ3n) is 3.30.